The van der Waals surface area contributed by atoms with E-state index in [1.54, 1.807) is 38.3 Å². The minimum atomic E-state index is -0.389. The predicted octanol–water partition coefficient (Wildman–Crippen LogP) is 3.31. The van der Waals surface area contributed by atoms with Gasteiger partial charge in [0.05, 0.1) is 13.2 Å². The zero-order chi connectivity index (χ0) is 16.7. The molecule has 0 saturated heterocycles. The van der Waals surface area contributed by atoms with Crippen molar-refractivity contribution in [1.82, 2.24) is 5.32 Å². The molecule has 0 radical (unpaired) electrons. The van der Waals surface area contributed by atoms with E-state index in [4.69, 9.17) is 9.47 Å². The van der Waals surface area contributed by atoms with Crippen LogP contribution in [0, 0.1) is 5.82 Å². The Bertz CT molecular complexity index is 637. The van der Waals surface area contributed by atoms with Gasteiger partial charge in [-0.3, -0.25) is 0 Å². The van der Waals surface area contributed by atoms with Crippen molar-refractivity contribution in [2.24, 2.45) is 0 Å². The predicted molar refractivity (Wildman–Crippen MR) is 94.4 cm³/mol. The maximum absolute atomic E-state index is 13.6. The average Bonchev–Trinajstić information content (AvgIpc) is 2.54. The topological polar surface area (TPSA) is 50.7 Å². The van der Waals surface area contributed by atoms with Crippen molar-refractivity contribution in [3.05, 3.63) is 59.4 Å². The fraction of sp³-hybridized carbons (Fsp3) is 0.333. The Morgan fingerprint density at radius 3 is 2.58 bits per heavy atom. The number of nitrogens with one attached hydrogen (secondary N) is 1. The molecule has 2 aromatic carbocycles. The molecule has 2 rings (SSSR count). The fourth-order valence-corrected chi connectivity index (χ4v) is 2.14. The van der Waals surface area contributed by atoms with Crippen LogP contribution in [0.4, 0.5) is 4.39 Å². The Labute approximate surface area is 148 Å². The van der Waals surface area contributed by atoms with Crippen LogP contribution in [0.1, 0.15) is 18.1 Å². The summed E-state index contributed by atoms with van der Waals surface area (Å²) in [5, 5.41) is 12.4. The van der Waals surface area contributed by atoms with E-state index in [0.29, 0.717) is 30.2 Å². The molecular formula is C18H23ClFNO3. The molecule has 6 heteroatoms. The van der Waals surface area contributed by atoms with Crippen LogP contribution in [0.15, 0.2) is 42.5 Å². The molecule has 24 heavy (non-hydrogen) atoms. The van der Waals surface area contributed by atoms with Crippen LogP contribution < -0.4 is 14.8 Å². The van der Waals surface area contributed by atoms with Crippen LogP contribution in [0.2, 0.25) is 0 Å². The molecule has 1 atom stereocenters. The van der Waals surface area contributed by atoms with E-state index in [0.717, 1.165) is 5.56 Å². The molecule has 0 amide bonds. The smallest absolute Gasteiger partial charge is 0.161 e. The van der Waals surface area contributed by atoms with Gasteiger partial charge < -0.3 is 19.9 Å². The first-order valence-corrected chi connectivity index (χ1v) is 7.52. The lowest BCUT2D eigenvalue weighted by atomic mass is 10.2. The van der Waals surface area contributed by atoms with Gasteiger partial charge in [-0.2, -0.15) is 0 Å². The quantitative estimate of drug-likeness (QED) is 0.762. The van der Waals surface area contributed by atoms with Crippen LogP contribution >= 0.6 is 12.4 Å². The standard InChI is InChI=1S/C18H22FNO3.ClH/c1-13(21)10-20-11-14-7-8-17(18(9-14)22-2)23-12-15-5-3-4-6-16(15)19;/h3-9,13,20-21H,10-12H2,1-2H3;1H. The number of hydrogen-bond donors (Lipinski definition) is 2. The van der Waals surface area contributed by atoms with Crippen molar-refractivity contribution in [2.45, 2.75) is 26.2 Å². The summed E-state index contributed by atoms with van der Waals surface area (Å²) < 4.78 is 24.6. The van der Waals surface area contributed by atoms with Crippen LogP contribution in [-0.2, 0) is 13.2 Å². The van der Waals surface area contributed by atoms with Crippen LogP contribution in [-0.4, -0.2) is 24.9 Å². The molecule has 132 valence electrons. The monoisotopic (exact) mass is 355 g/mol. The molecule has 4 nitrogen and oxygen atoms in total. The van der Waals surface area contributed by atoms with E-state index in [2.05, 4.69) is 5.32 Å². The lowest BCUT2D eigenvalue weighted by Crippen LogP contribution is -2.23. The Hall–Kier alpha value is -1.82. The number of methoxy groups -OCH3 is 1. The summed E-state index contributed by atoms with van der Waals surface area (Å²) >= 11 is 0. The third-order valence-electron chi connectivity index (χ3n) is 3.34. The van der Waals surface area contributed by atoms with Gasteiger partial charge in [0.25, 0.3) is 0 Å². The number of rotatable bonds is 8. The van der Waals surface area contributed by atoms with E-state index >= 15 is 0 Å². The molecule has 0 spiro atoms. The van der Waals surface area contributed by atoms with Crippen LogP contribution in [0.3, 0.4) is 0 Å². The summed E-state index contributed by atoms with van der Waals surface area (Å²) in [6.07, 6.45) is -0.389. The molecule has 0 aliphatic carbocycles. The average molecular weight is 356 g/mol. The summed E-state index contributed by atoms with van der Waals surface area (Å²) in [4.78, 5) is 0. The normalized spacial score (nSPS) is 11.5. The number of halogens is 2. The Morgan fingerprint density at radius 2 is 1.92 bits per heavy atom. The second-order valence-corrected chi connectivity index (χ2v) is 5.35. The molecule has 0 heterocycles. The lowest BCUT2D eigenvalue weighted by molar-refractivity contribution is 0.191. The summed E-state index contributed by atoms with van der Waals surface area (Å²) in [5.74, 6) is 0.873. The highest BCUT2D eigenvalue weighted by atomic mass is 35.5. The van der Waals surface area contributed by atoms with E-state index < -0.39 is 0 Å². The summed E-state index contributed by atoms with van der Waals surface area (Å²) in [5.41, 5.74) is 1.51. The van der Waals surface area contributed by atoms with Crippen molar-refractivity contribution in [3.8, 4) is 11.5 Å². The van der Waals surface area contributed by atoms with E-state index in [9.17, 15) is 9.50 Å². The van der Waals surface area contributed by atoms with E-state index in [-0.39, 0.29) is 30.9 Å². The Balaban J connectivity index is 0.00000288. The first-order chi connectivity index (χ1) is 11.1. The Morgan fingerprint density at radius 1 is 1.17 bits per heavy atom. The minimum absolute atomic E-state index is 0. The summed E-state index contributed by atoms with van der Waals surface area (Å²) in [6.45, 7) is 3.01. The van der Waals surface area contributed by atoms with Crippen molar-refractivity contribution in [3.63, 3.8) is 0 Å². The molecule has 2 aromatic rings. The highest BCUT2D eigenvalue weighted by molar-refractivity contribution is 5.85. The van der Waals surface area contributed by atoms with Gasteiger partial charge >= 0.3 is 0 Å². The zero-order valence-electron chi connectivity index (χ0n) is 13.8. The number of aliphatic hydroxyl groups excluding tert-OH is 1. The minimum Gasteiger partial charge on any atom is -0.493 e. The number of ether oxygens (including phenoxy) is 2. The third kappa shape index (κ3) is 6.00. The largest absolute Gasteiger partial charge is 0.493 e. The van der Waals surface area contributed by atoms with Gasteiger partial charge in [0, 0.05) is 18.7 Å². The Kier molecular flexibility index (Phi) is 8.54. The zero-order valence-corrected chi connectivity index (χ0v) is 14.6. The van der Waals surface area contributed by atoms with Crippen LogP contribution in [0.5, 0.6) is 11.5 Å². The first kappa shape index (κ1) is 20.2. The van der Waals surface area contributed by atoms with Gasteiger partial charge in [0.2, 0.25) is 0 Å². The van der Waals surface area contributed by atoms with Gasteiger partial charge in [-0.1, -0.05) is 24.3 Å². The third-order valence-corrected chi connectivity index (χ3v) is 3.34. The molecule has 0 aliphatic rings. The maximum Gasteiger partial charge on any atom is 0.161 e. The highest BCUT2D eigenvalue weighted by Gasteiger charge is 2.08. The molecule has 0 aliphatic heterocycles. The molecule has 2 N–H and O–H groups in total. The van der Waals surface area contributed by atoms with Crippen molar-refractivity contribution in [2.75, 3.05) is 13.7 Å². The maximum atomic E-state index is 13.6. The van der Waals surface area contributed by atoms with Crippen molar-refractivity contribution < 1.29 is 19.0 Å². The van der Waals surface area contributed by atoms with Gasteiger partial charge in [0.1, 0.15) is 12.4 Å². The second kappa shape index (κ2) is 10.1. The second-order valence-electron chi connectivity index (χ2n) is 5.35. The molecule has 0 saturated carbocycles. The molecule has 1 unspecified atom stereocenters. The van der Waals surface area contributed by atoms with E-state index in [1.807, 2.05) is 12.1 Å². The highest BCUT2D eigenvalue weighted by Crippen LogP contribution is 2.29. The number of hydrogen-bond acceptors (Lipinski definition) is 4. The van der Waals surface area contributed by atoms with Gasteiger partial charge in [-0.15, -0.1) is 12.4 Å². The SMILES string of the molecule is COc1cc(CNCC(C)O)ccc1OCc1ccccc1F.Cl. The number of aliphatic hydroxyl groups is 1. The summed E-state index contributed by atoms with van der Waals surface area (Å²) in [6, 6.07) is 12.1. The van der Waals surface area contributed by atoms with Crippen molar-refractivity contribution >= 4 is 12.4 Å². The van der Waals surface area contributed by atoms with Gasteiger partial charge in [-0.25, -0.2) is 4.39 Å². The van der Waals surface area contributed by atoms with Gasteiger partial charge in [-0.05, 0) is 30.7 Å². The molecule has 0 bridgehead atoms. The first-order valence-electron chi connectivity index (χ1n) is 7.52. The van der Waals surface area contributed by atoms with Crippen molar-refractivity contribution in [1.29, 1.82) is 0 Å². The molecule has 0 aromatic heterocycles. The van der Waals surface area contributed by atoms with E-state index in [1.165, 1.54) is 6.07 Å². The number of benzene rings is 2. The summed E-state index contributed by atoms with van der Waals surface area (Å²) in [7, 11) is 1.57. The van der Waals surface area contributed by atoms with Crippen LogP contribution in [0.25, 0.3) is 0 Å². The molecule has 0 fully saturated rings. The van der Waals surface area contributed by atoms with Gasteiger partial charge in [0.15, 0.2) is 11.5 Å². The molecular weight excluding hydrogens is 333 g/mol. The lowest BCUT2D eigenvalue weighted by Gasteiger charge is -2.13. The fourth-order valence-electron chi connectivity index (χ4n) is 2.14.